The molecule has 9 heteroatoms. The first-order valence-electron chi connectivity index (χ1n) is 17.1. The summed E-state index contributed by atoms with van der Waals surface area (Å²) in [6.07, 6.45) is 1.64. The van der Waals surface area contributed by atoms with Crippen molar-refractivity contribution >= 4 is 11.8 Å². The highest BCUT2D eigenvalue weighted by molar-refractivity contribution is 5.95. The number of carbonyl (C=O) groups excluding carboxylic acids is 2. The van der Waals surface area contributed by atoms with E-state index >= 15 is 0 Å². The number of benzene rings is 2. The second-order valence-electron chi connectivity index (χ2n) is 15.2. The fourth-order valence-corrected chi connectivity index (χ4v) is 8.88. The van der Waals surface area contributed by atoms with Crippen LogP contribution in [0.4, 0.5) is 0 Å². The lowest BCUT2D eigenvalue weighted by atomic mass is 9.45. The second kappa shape index (κ2) is 13.0. The number of likely N-dealkylation sites (tertiary alicyclic amines) is 1. The molecule has 2 bridgehead atoms. The van der Waals surface area contributed by atoms with E-state index in [0.717, 1.165) is 42.6 Å². The maximum atomic E-state index is 14.0. The molecule has 9 nitrogen and oxygen atoms in total. The minimum atomic E-state index is -0.843. The number of fused-ring (bicyclic) bond motifs is 2. The van der Waals surface area contributed by atoms with Crippen molar-refractivity contribution in [2.45, 2.75) is 83.8 Å². The van der Waals surface area contributed by atoms with E-state index in [1.807, 2.05) is 47.4 Å². The minimum Gasteiger partial charge on any atom is -0.394 e. The van der Waals surface area contributed by atoms with Gasteiger partial charge in [-0.1, -0.05) is 51.1 Å². The molecule has 0 aromatic heterocycles. The first-order chi connectivity index (χ1) is 21.9. The number of likely N-dealkylation sites (N-methyl/N-ethyl adjacent to an activating group) is 1. The highest BCUT2D eigenvalue weighted by Crippen LogP contribution is 2.61. The quantitative estimate of drug-likeness (QED) is 0.387. The van der Waals surface area contributed by atoms with Gasteiger partial charge in [-0.3, -0.25) is 14.4 Å². The Morgan fingerprint density at radius 2 is 1.83 bits per heavy atom. The summed E-state index contributed by atoms with van der Waals surface area (Å²) in [5.41, 5.74) is 3.82. The van der Waals surface area contributed by atoms with Crippen LogP contribution in [0.5, 0.6) is 0 Å². The zero-order valence-corrected chi connectivity index (χ0v) is 28.2. The van der Waals surface area contributed by atoms with E-state index in [2.05, 4.69) is 51.1 Å². The van der Waals surface area contributed by atoms with Crippen molar-refractivity contribution < 1.29 is 24.6 Å². The number of carbonyl (C=O) groups is 2. The van der Waals surface area contributed by atoms with E-state index in [-0.39, 0.29) is 24.5 Å². The molecule has 5 fully saturated rings. The molecule has 3 N–H and O–H groups in total. The fourth-order valence-electron chi connectivity index (χ4n) is 8.88. The Labute approximate surface area is 273 Å². The van der Waals surface area contributed by atoms with Gasteiger partial charge in [0.2, 0.25) is 5.91 Å². The minimum absolute atomic E-state index is 0.0500. The van der Waals surface area contributed by atoms with E-state index in [9.17, 15) is 19.8 Å². The van der Waals surface area contributed by atoms with Gasteiger partial charge >= 0.3 is 0 Å². The second-order valence-corrected chi connectivity index (χ2v) is 15.2. The van der Waals surface area contributed by atoms with E-state index in [4.69, 9.17) is 4.84 Å². The Balaban J connectivity index is 1.19. The summed E-state index contributed by atoms with van der Waals surface area (Å²) in [4.78, 5) is 37.7. The lowest BCUT2D eigenvalue weighted by molar-refractivity contribution is -0.183. The van der Waals surface area contributed by atoms with E-state index in [1.54, 1.807) is 12.0 Å². The Morgan fingerprint density at radius 1 is 1.11 bits per heavy atom. The fraction of sp³-hybridized carbons (Fsp3) is 0.622. The molecule has 2 aromatic carbocycles. The van der Waals surface area contributed by atoms with Gasteiger partial charge in [0, 0.05) is 36.7 Å². The summed E-state index contributed by atoms with van der Waals surface area (Å²) in [6, 6.07) is 15.5. The molecule has 2 heterocycles. The molecule has 2 saturated heterocycles. The van der Waals surface area contributed by atoms with Crippen LogP contribution in [0, 0.1) is 29.1 Å². The van der Waals surface area contributed by atoms with Crippen LogP contribution in [0.2, 0.25) is 0 Å². The van der Waals surface area contributed by atoms with Crippen molar-refractivity contribution in [1.82, 2.24) is 20.2 Å². The molecule has 7 rings (SSSR count). The average Bonchev–Trinajstić information content (AvgIpc) is 3.67. The van der Waals surface area contributed by atoms with Gasteiger partial charge < -0.3 is 25.3 Å². The van der Waals surface area contributed by atoms with E-state index < -0.39 is 24.2 Å². The van der Waals surface area contributed by atoms with Crippen LogP contribution in [0.1, 0.15) is 62.9 Å². The molecule has 5 aliphatic rings. The smallest absolute Gasteiger partial charge is 0.253 e. The van der Waals surface area contributed by atoms with Crippen LogP contribution in [0.3, 0.4) is 0 Å². The van der Waals surface area contributed by atoms with Crippen molar-refractivity contribution in [3.63, 3.8) is 0 Å². The lowest BCUT2D eigenvalue weighted by Gasteiger charge is -2.62. The Kier molecular flexibility index (Phi) is 9.35. The maximum Gasteiger partial charge on any atom is 0.253 e. The number of aliphatic hydroxyl groups excluding tert-OH is 2. The van der Waals surface area contributed by atoms with Crippen molar-refractivity contribution in [2.75, 3.05) is 33.8 Å². The van der Waals surface area contributed by atoms with E-state index in [0.29, 0.717) is 41.3 Å². The third kappa shape index (κ3) is 6.13. The lowest BCUT2D eigenvalue weighted by Crippen LogP contribution is -2.62. The van der Waals surface area contributed by atoms with Crippen molar-refractivity contribution in [3.05, 3.63) is 59.7 Å². The molecule has 3 aliphatic carbocycles. The number of amides is 2. The Bertz CT molecular complexity index is 1430. The number of nitrogens with zero attached hydrogens (tertiary/aromatic N) is 3. The van der Waals surface area contributed by atoms with E-state index in [1.165, 1.54) is 6.42 Å². The first kappa shape index (κ1) is 33.1. The first-order valence-corrected chi connectivity index (χ1v) is 17.1. The standard InChI is InChI=1S/C37H52N4O5/c1-22-30-17-28(37(30,3)4)18-31(22)38-35(44)34-33(23(2)43)32(21-42)46-41(34)19-24-9-7-10-25(15-24)26-11-8-12-27(16-26)36(45)40-14-13-29(20-40)39(5)6/h7-12,15-16,22-23,28-34,42-43H,13-14,17-21H2,1-6H3,(H,38,44)/t22-,23-,28+,29?,30-,31-,32-,33+,34-/m0/s1. The van der Waals surface area contributed by atoms with Crippen LogP contribution in [0.25, 0.3) is 11.1 Å². The Morgan fingerprint density at radius 3 is 2.46 bits per heavy atom. The summed E-state index contributed by atoms with van der Waals surface area (Å²) >= 11 is 0. The molecule has 1 unspecified atom stereocenters. The van der Waals surface area contributed by atoms with Gasteiger partial charge in [0.1, 0.15) is 12.1 Å². The third-order valence-electron chi connectivity index (χ3n) is 12.0. The van der Waals surface area contributed by atoms with Crippen LogP contribution in [-0.4, -0.2) is 101 Å². The van der Waals surface area contributed by atoms with Crippen LogP contribution in [0.15, 0.2) is 48.5 Å². The summed E-state index contributed by atoms with van der Waals surface area (Å²) in [6.45, 7) is 10.1. The topological polar surface area (TPSA) is 106 Å². The van der Waals surface area contributed by atoms with Gasteiger partial charge in [-0.25, -0.2) is 0 Å². The number of nitrogens with one attached hydrogen (secondary N) is 1. The molecule has 3 saturated carbocycles. The number of rotatable bonds is 9. The summed E-state index contributed by atoms with van der Waals surface area (Å²) in [5, 5.41) is 26.0. The molecule has 0 radical (unpaired) electrons. The molecule has 46 heavy (non-hydrogen) atoms. The molecule has 2 aromatic rings. The van der Waals surface area contributed by atoms with Crippen LogP contribution in [-0.2, 0) is 16.2 Å². The largest absolute Gasteiger partial charge is 0.394 e. The predicted octanol–water partition coefficient (Wildman–Crippen LogP) is 3.79. The van der Waals surface area contributed by atoms with Gasteiger partial charge in [0.25, 0.3) is 5.91 Å². The summed E-state index contributed by atoms with van der Waals surface area (Å²) in [5.74, 6) is 0.894. The van der Waals surface area contributed by atoms with Crippen molar-refractivity contribution in [3.8, 4) is 11.1 Å². The maximum absolute atomic E-state index is 14.0. The normalized spacial score (nSPS) is 32.8. The van der Waals surface area contributed by atoms with Crippen LogP contribution < -0.4 is 5.32 Å². The molecule has 9 atom stereocenters. The van der Waals surface area contributed by atoms with Gasteiger partial charge in [-0.05, 0) is 98.3 Å². The number of hydrogen-bond acceptors (Lipinski definition) is 7. The number of hydrogen-bond donors (Lipinski definition) is 3. The molecule has 0 spiro atoms. The summed E-state index contributed by atoms with van der Waals surface area (Å²) in [7, 11) is 4.12. The summed E-state index contributed by atoms with van der Waals surface area (Å²) < 4.78 is 0. The number of aliphatic hydroxyl groups is 2. The van der Waals surface area contributed by atoms with Crippen molar-refractivity contribution in [1.29, 1.82) is 0 Å². The van der Waals surface area contributed by atoms with Crippen molar-refractivity contribution in [2.24, 2.45) is 29.1 Å². The highest BCUT2D eigenvalue weighted by atomic mass is 16.7. The predicted molar refractivity (Wildman–Crippen MR) is 177 cm³/mol. The molecule has 2 aliphatic heterocycles. The zero-order valence-electron chi connectivity index (χ0n) is 28.2. The van der Waals surface area contributed by atoms with Gasteiger partial charge in [0.05, 0.1) is 19.3 Å². The SMILES string of the molecule is C[C@@H]1[C@@H](NC(=O)[C@@H]2[C@H]([C@H](C)O)[C@H](CO)ON2Cc2cccc(-c3cccc(C(=O)N4CCC(N(C)C)C4)c3)c2)C[C@H]2C[C@@H]1C2(C)C. The monoisotopic (exact) mass is 632 g/mol. The van der Waals surface area contributed by atoms with Crippen LogP contribution >= 0.6 is 0 Å². The van der Waals surface area contributed by atoms with Gasteiger partial charge in [-0.2, -0.15) is 5.06 Å². The Hall–Kier alpha value is -2.82. The number of hydroxylamine groups is 2. The molecule has 250 valence electrons. The van der Waals surface area contributed by atoms with Gasteiger partial charge in [0.15, 0.2) is 0 Å². The average molecular weight is 633 g/mol. The molecular formula is C37H52N4O5. The third-order valence-corrected chi connectivity index (χ3v) is 12.0. The zero-order chi connectivity index (χ0) is 32.9. The van der Waals surface area contributed by atoms with Gasteiger partial charge in [-0.15, -0.1) is 0 Å². The highest BCUT2D eigenvalue weighted by Gasteiger charge is 2.57. The molecule has 2 amide bonds. The molecular weight excluding hydrogens is 580 g/mol.